The fourth-order valence-corrected chi connectivity index (χ4v) is 2.87. The highest BCUT2D eigenvalue weighted by molar-refractivity contribution is 6.21. The third-order valence-electron chi connectivity index (χ3n) is 3.55. The maximum Gasteiger partial charge on any atom is 0.128 e. The predicted molar refractivity (Wildman–Crippen MR) is 78.0 cm³/mol. The molecule has 0 amide bonds. The van der Waals surface area contributed by atoms with Crippen molar-refractivity contribution in [2.75, 3.05) is 6.61 Å². The van der Waals surface area contributed by atoms with Crippen molar-refractivity contribution in [3.8, 4) is 5.75 Å². The van der Waals surface area contributed by atoms with Crippen molar-refractivity contribution in [3.63, 3.8) is 0 Å². The van der Waals surface area contributed by atoms with Crippen molar-refractivity contribution in [2.24, 2.45) is 0 Å². The Morgan fingerprint density at radius 1 is 1.16 bits per heavy atom. The summed E-state index contributed by atoms with van der Waals surface area (Å²) in [4.78, 5) is 0. The molecule has 0 N–H and O–H groups in total. The van der Waals surface area contributed by atoms with Crippen LogP contribution in [0.5, 0.6) is 5.75 Å². The molecule has 0 spiro atoms. The van der Waals surface area contributed by atoms with E-state index in [2.05, 4.69) is 24.3 Å². The number of hydrogen-bond acceptors (Lipinski definition) is 2. The van der Waals surface area contributed by atoms with Crippen LogP contribution in [0.4, 0.5) is 0 Å². The Morgan fingerprint density at radius 3 is 2.68 bits per heavy atom. The lowest BCUT2D eigenvalue weighted by Crippen LogP contribution is -2.52. The van der Waals surface area contributed by atoms with Gasteiger partial charge in [-0.3, -0.25) is 0 Å². The topological polar surface area (TPSA) is 18.5 Å². The second-order valence-electron chi connectivity index (χ2n) is 4.84. The van der Waals surface area contributed by atoms with E-state index in [-0.39, 0.29) is 17.6 Å². The Hall–Kier alpha value is -1.25. The van der Waals surface area contributed by atoms with Crippen LogP contribution in [0.15, 0.2) is 42.5 Å². The molecule has 2 aromatic carbocycles. The van der Waals surface area contributed by atoms with Crippen LogP contribution in [0.2, 0.25) is 0 Å². The molecule has 1 fully saturated rings. The monoisotopic (exact) mass is 276 g/mol. The van der Waals surface area contributed by atoms with E-state index in [1.165, 1.54) is 10.8 Å². The molecule has 0 bridgehead atoms. The van der Waals surface area contributed by atoms with Gasteiger partial charge in [0, 0.05) is 13.0 Å². The van der Waals surface area contributed by atoms with Gasteiger partial charge in [0.25, 0.3) is 0 Å². The summed E-state index contributed by atoms with van der Waals surface area (Å²) in [7, 11) is 0. The average molecular weight is 277 g/mol. The first-order valence-electron chi connectivity index (χ1n) is 6.69. The molecule has 0 heterocycles. The van der Waals surface area contributed by atoms with Gasteiger partial charge in [0.15, 0.2) is 0 Å². The zero-order valence-electron chi connectivity index (χ0n) is 10.9. The van der Waals surface area contributed by atoms with E-state index in [0.29, 0.717) is 6.61 Å². The molecular weight excluding hydrogens is 260 g/mol. The number of alkyl halides is 1. The Balaban J connectivity index is 1.75. The van der Waals surface area contributed by atoms with Crippen LogP contribution in [0.25, 0.3) is 10.8 Å². The smallest absolute Gasteiger partial charge is 0.128 e. The van der Waals surface area contributed by atoms with Crippen molar-refractivity contribution in [1.29, 1.82) is 0 Å². The molecule has 19 heavy (non-hydrogen) atoms. The average Bonchev–Trinajstić information content (AvgIpc) is 2.44. The summed E-state index contributed by atoms with van der Waals surface area (Å²) in [6.07, 6.45) is 0.931. The standard InChI is InChI=1S/C16H17ClO2/c1-2-18-16-14(17)10-15(16)19-13-8-7-11-5-3-4-6-12(11)9-13/h3-9,14-16H,2,10H2,1H3. The molecule has 1 aliphatic carbocycles. The molecule has 2 aromatic rings. The van der Waals surface area contributed by atoms with E-state index in [1.54, 1.807) is 0 Å². The zero-order chi connectivity index (χ0) is 13.2. The van der Waals surface area contributed by atoms with Crippen molar-refractivity contribution < 1.29 is 9.47 Å². The SMILES string of the molecule is CCOC1C(Cl)CC1Oc1ccc2ccccc2c1. The van der Waals surface area contributed by atoms with Gasteiger partial charge in [0.2, 0.25) is 0 Å². The van der Waals surface area contributed by atoms with Crippen LogP contribution in [0.3, 0.4) is 0 Å². The van der Waals surface area contributed by atoms with Gasteiger partial charge in [-0.2, -0.15) is 0 Å². The first kappa shape index (κ1) is 12.8. The molecule has 100 valence electrons. The third kappa shape index (κ3) is 2.56. The van der Waals surface area contributed by atoms with Gasteiger partial charge < -0.3 is 9.47 Å². The van der Waals surface area contributed by atoms with Gasteiger partial charge in [0.05, 0.1) is 5.38 Å². The van der Waals surface area contributed by atoms with E-state index < -0.39 is 0 Å². The summed E-state index contributed by atoms with van der Waals surface area (Å²) in [6, 6.07) is 14.4. The highest BCUT2D eigenvalue weighted by Gasteiger charge is 2.42. The second-order valence-corrected chi connectivity index (χ2v) is 5.40. The Bertz CT molecular complexity index is 569. The van der Waals surface area contributed by atoms with Crippen molar-refractivity contribution in [2.45, 2.75) is 30.9 Å². The lowest BCUT2D eigenvalue weighted by atomic mass is 9.91. The molecule has 3 rings (SSSR count). The molecule has 3 unspecified atom stereocenters. The molecule has 0 saturated heterocycles. The number of rotatable bonds is 4. The molecule has 3 heteroatoms. The molecule has 0 aromatic heterocycles. The van der Waals surface area contributed by atoms with Gasteiger partial charge >= 0.3 is 0 Å². The van der Waals surface area contributed by atoms with Crippen LogP contribution in [-0.2, 0) is 4.74 Å². The number of hydrogen-bond donors (Lipinski definition) is 0. The van der Waals surface area contributed by atoms with E-state index in [1.807, 2.05) is 25.1 Å². The Labute approximate surface area is 118 Å². The molecule has 3 atom stereocenters. The zero-order valence-corrected chi connectivity index (χ0v) is 11.6. The second kappa shape index (κ2) is 5.40. The molecule has 0 radical (unpaired) electrons. The van der Waals surface area contributed by atoms with Gasteiger partial charge in [0.1, 0.15) is 18.0 Å². The fraction of sp³-hybridized carbons (Fsp3) is 0.375. The first-order valence-corrected chi connectivity index (χ1v) is 7.12. The van der Waals surface area contributed by atoms with Crippen LogP contribution >= 0.6 is 11.6 Å². The van der Waals surface area contributed by atoms with Gasteiger partial charge in [-0.05, 0) is 29.8 Å². The maximum atomic E-state index is 6.14. The minimum absolute atomic E-state index is 0.0122. The summed E-state index contributed by atoms with van der Waals surface area (Å²) in [5.74, 6) is 0.886. The maximum absolute atomic E-state index is 6.14. The number of halogens is 1. The quantitative estimate of drug-likeness (QED) is 0.786. The Morgan fingerprint density at radius 2 is 1.95 bits per heavy atom. The van der Waals surface area contributed by atoms with Gasteiger partial charge in [-0.15, -0.1) is 11.6 Å². The highest BCUT2D eigenvalue weighted by Crippen LogP contribution is 2.33. The van der Waals surface area contributed by atoms with E-state index in [4.69, 9.17) is 21.1 Å². The molecule has 0 aliphatic heterocycles. The summed E-state index contributed by atoms with van der Waals surface area (Å²) < 4.78 is 11.6. The van der Waals surface area contributed by atoms with E-state index in [9.17, 15) is 0 Å². The largest absolute Gasteiger partial charge is 0.488 e. The number of fused-ring (bicyclic) bond motifs is 1. The minimum Gasteiger partial charge on any atom is -0.488 e. The molecule has 1 saturated carbocycles. The lowest BCUT2D eigenvalue weighted by Gasteiger charge is -2.40. The number of ether oxygens (including phenoxy) is 2. The summed E-state index contributed by atoms with van der Waals surface area (Å²) >= 11 is 6.14. The van der Waals surface area contributed by atoms with Crippen LogP contribution in [-0.4, -0.2) is 24.2 Å². The molecule has 1 aliphatic rings. The first-order chi connectivity index (χ1) is 9.28. The minimum atomic E-state index is 0.0122. The van der Waals surface area contributed by atoms with Crippen LogP contribution in [0.1, 0.15) is 13.3 Å². The van der Waals surface area contributed by atoms with Crippen molar-refractivity contribution in [3.05, 3.63) is 42.5 Å². The normalized spacial score (nSPS) is 26.1. The van der Waals surface area contributed by atoms with Gasteiger partial charge in [-0.25, -0.2) is 0 Å². The van der Waals surface area contributed by atoms with Crippen molar-refractivity contribution in [1.82, 2.24) is 0 Å². The Kier molecular flexibility index (Phi) is 3.63. The molecule has 2 nitrogen and oxygen atoms in total. The third-order valence-corrected chi connectivity index (χ3v) is 3.97. The fourth-order valence-electron chi connectivity index (χ4n) is 2.46. The summed E-state index contributed by atoms with van der Waals surface area (Å²) in [6.45, 7) is 2.65. The summed E-state index contributed by atoms with van der Waals surface area (Å²) in [5.41, 5.74) is 0. The lowest BCUT2D eigenvalue weighted by molar-refractivity contribution is -0.0759. The van der Waals surface area contributed by atoms with Crippen LogP contribution < -0.4 is 4.74 Å². The summed E-state index contributed by atoms with van der Waals surface area (Å²) in [5, 5.41) is 2.49. The predicted octanol–water partition coefficient (Wildman–Crippen LogP) is 4.00. The van der Waals surface area contributed by atoms with Crippen LogP contribution in [0, 0.1) is 0 Å². The van der Waals surface area contributed by atoms with E-state index in [0.717, 1.165) is 12.2 Å². The highest BCUT2D eigenvalue weighted by atomic mass is 35.5. The molecular formula is C16H17ClO2. The number of benzene rings is 2. The van der Waals surface area contributed by atoms with E-state index >= 15 is 0 Å². The van der Waals surface area contributed by atoms with Gasteiger partial charge in [-0.1, -0.05) is 30.3 Å². The van der Waals surface area contributed by atoms with Crippen molar-refractivity contribution >= 4 is 22.4 Å².